The van der Waals surface area contributed by atoms with E-state index in [1.807, 2.05) is 48.5 Å². The van der Waals surface area contributed by atoms with Crippen LogP contribution in [0.4, 0.5) is 5.69 Å². The lowest BCUT2D eigenvalue weighted by Crippen LogP contribution is -2.13. The fourth-order valence-corrected chi connectivity index (χ4v) is 2.19. The minimum absolute atomic E-state index is 0.528. The van der Waals surface area contributed by atoms with Crippen molar-refractivity contribution in [3.63, 3.8) is 0 Å². The van der Waals surface area contributed by atoms with Crippen LogP contribution in [0.25, 0.3) is 11.5 Å². The molecule has 18 heavy (non-hydrogen) atoms. The fraction of sp³-hybridized carbons (Fsp3) is 0.0667. The smallest absolute Gasteiger partial charge is 0.152 e. The van der Waals surface area contributed by atoms with E-state index < -0.39 is 0 Å². The van der Waals surface area contributed by atoms with Gasteiger partial charge in [-0.2, -0.15) is 0 Å². The maximum Gasteiger partial charge on any atom is 0.152 e. The normalized spacial score (nSPS) is 14.0. The van der Waals surface area contributed by atoms with Crippen LogP contribution in [-0.4, -0.2) is 0 Å². The van der Waals surface area contributed by atoms with Crippen molar-refractivity contribution in [2.75, 3.05) is 5.73 Å². The molecule has 4 N–H and O–H groups in total. The molecule has 2 aromatic carbocycles. The summed E-state index contributed by atoms with van der Waals surface area (Å²) >= 11 is 0. The van der Waals surface area contributed by atoms with E-state index in [1.54, 1.807) is 0 Å². The van der Waals surface area contributed by atoms with Crippen LogP contribution in [0.1, 0.15) is 16.7 Å². The van der Waals surface area contributed by atoms with Crippen molar-refractivity contribution in [3.8, 4) is 0 Å². The highest BCUT2D eigenvalue weighted by Gasteiger charge is 2.20. The topological polar surface area (TPSA) is 61.3 Å². The Bertz CT molecular complexity index is 632. The van der Waals surface area contributed by atoms with E-state index in [0.29, 0.717) is 23.8 Å². The molecule has 0 radical (unpaired) electrons. The zero-order chi connectivity index (χ0) is 12.5. The van der Waals surface area contributed by atoms with E-state index in [1.165, 1.54) is 0 Å². The van der Waals surface area contributed by atoms with Gasteiger partial charge in [-0.15, -0.1) is 0 Å². The Hall–Kier alpha value is -2.42. The van der Waals surface area contributed by atoms with Crippen molar-refractivity contribution in [1.82, 2.24) is 0 Å². The summed E-state index contributed by atoms with van der Waals surface area (Å²) in [6.45, 7) is 0.528. The first-order valence-electron chi connectivity index (χ1n) is 5.83. The van der Waals surface area contributed by atoms with Crippen molar-refractivity contribution in [1.29, 1.82) is 0 Å². The molecule has 3 nitrogen and oxygen atoms in total. The van der Waals surface area contributed by atoms with Gasteiger partial charge in [0.1, 0.15) is 6.61 Å². The van der Waals surface area contributed by atoms with Gasteiger partial charge in [0, 0.05) is 16.8 Å². The molecule has 90 valence electrons. The number of nitrogen functional groups attached to an aromatic ring is 1. The maximum atomic E-state index is 6.19. The second-order valence-electron chi connectivity index (χ2n) is 4.28. The Balaban J connectivity index is 2.18. The molecular formula is C15H14N2O. The molecule has 0 unspecified atom stereocenters. The van der Waals surface area contributed by atoms with Crippen molar-refractivity contribution in [2.24, 2.45) is 5.73 Å². The van der Waals surface area contributed by atoms with Gasteiger partial charge in [0.25, 0.3) is 0 Å². The SMILES string of the molecule is NC1=C(c2ccccc2N)OCc2ccccc21. The Morgan fingerprint density at radius 3 is 2.28 bits per heavy atom. The highest BCUT2D eigenvalue weighted by Crippen LogP contribution is 2.33. The summed E-state index contributed by atoms with van der Waals surface area (Å²) in [6.07, 6.45) is 0. The van der Waals surface area contributed by atoms with E-state index in [2.05, 4.69) is 0 Å². The largest absolute Gasteiger partial charge is 0.486 e. The number of anilines is 1. The van der Waals surface area contributed by atoms with Gasteiger partial charge in [0.2, 0.25) is 0 Å². The summed E-state index contributed by atoms with van der Waals surface area (Å²) in [5.41, 5.74) is 16.5. The molecule has 0 spiro atoms. The number of para-hydroxylation sites is 1. The summed E-state index contributed by atoms with van der Waals surface area (Å²) in [5.74, 6) is 0.673. The highest BCUT2D eigenvalue weighted by atomic mass is 16.5. The summed E-state index contributed by atoms with van der Waals surface area (Å²) in [5, 5.41) is 0. The van der Waals surface area contributed by atoms with Crippen LogP contribution in [0.5, 0.6) is 0 Å². The molecule has 0 aromatic heterocycles. The second kappa shape index (κ2) is 4.11. The zero-order valence-electron chi connectivity index (χ0n) is 9.89. The van der Waals surface area contributed by atoms with Crippen LogP contribution in [0, 0.1) is 0 Å². The Labute approximate surface area is 106 Å². The summed E-state index contributed by atoms with van der Waals surface area (Å²) in [4.78, 5) is 0. The highest BCUT2D eigenvalue weighted by molar-refractivity contribution is 5.91. The van der Waals surface area contributed by atoms with Crippen molar-refractivity contribution in [2.45, 2.75) is 6.61 Å². The average molecular weight is 238 g/mol. The molecule has 0 aliphatic carbocycles. The van der Waals surface area contributed by atoms with Gasteiger partial charge in [-0.3, -0.25) is 0 Å². The van der Waals surface area contributed by atoms with Gasteiger partial charge in [0.15, 0.2) is 5.76 Å². The standard InChI is InChI=1S/C15H14N2O/c16-13-8-4-3-7-12(13)15-14(17)11-6-2-1-5-10(11)9-18-15/h1-8H,9,16-17H2. The lowest BCUT2D eigenvalue weighted by atomic mass is 9.99. The van der Waals surface area contributed by atoms with Crippen LogP contribution >= 0.6 is 0 Å². The average Bonchev–Trinajstić information content (AvgIpc) is 2.41. The molecule has 1 heterocycles. The predicted octanol–water partition coefficient (Wildman–Crippen LogP) is 2.58. The van der Waals surface area contributed by atoms with Gasteiger partial charge in [-0.25, -0.2) is 0 Å². The molecule has 3 heteroatoms. The molecule has 1 aliphatic rings. The molecule has 1 aliphatic heterocycles. The lowest BCUT2D eigenvalue weighted by Gasteiger charge is -2.22. The third-order valence-corrected chi connectivity index (χ3v) is 3.13. The summed E-state index contributed by atoms with van der Waals surface area (Å²) < 4.78 is 5.76. The second-order valence-corrected chi connectivity index (χ2v) is 4.28. The minimum Gasteiger partial charge on any atom is -0.486 e. The number of benzene rings is 2. The number of hydrogen-bond donors (Lipinski definition) is 2. The molecule has 3 rings (SSSR count). The molecule has 0 saturated heterocycles. The van der Waals surface area contributed by atoms with Crippen molar-refractivity contribution >= 4 is 17.1 Å². The third kappa shape index (κ3) is 1.61. The van der Waals surface area contributed by atoms with Gasteiger partial charge in [-0.05, 0) is 17.7 Å². The fourth-order valence-electron chi connectivity index (χ4n) is 2.19. The Morgan fingerprint density at radius 1 is 0.833 bits per heavy atom. The Kier molecular flexibility index (Phi) is 2.45. The molecule has 2 aromatic rings. The maximum absolute atomic E-state index is 6.19. The lowest BCUT2D eigenvalue weighted by molar-refractivity contribution is 0.260. The number of fused-ring (bicyclic) bond motifs is 1. The van der Waals surface area contributed by atoms with Crippen LogP contribution in [-0.2, 0) is 11.3 Å². The van der Waals surface area contributed by atoms with Gasteiger partial charge in [0.05, 0.1) is 5.70 Å². The van der Waals surface area contributed by atoms with E-state index in [9.17, 15) is 0 Å². The number of ether oxygens (including phenoxy) is 1. The van der Waals surface area contributed by atoms with E-state index in [-0.39, 0.29) is 0 Å². The number of nitrogens with two attached hydrogens (primary N) is 2. The molecule has 0 amide bonds. The quantitative estimate of drug-likeness (QED) is 0.751. The first-order valence-corrected chi connectivity index (χ1v) is 5.83. The van der Waals surface area contributed by atoms with E-state index >= 15 is 0 Å². The Morgan fingerprint density at radius 2 is 1.50 bits per heavy atom. The predicted molar refractivity (Wildman–Crippen MR) is 73.1 cm³/mol. The molecule has 0 saturated carbocycles. The minimum atomic E-state index is 0.528. The van der Waals surface area contributed by atoms with Gasteiger partial charge < -0.3 is 16.2 Å². The first-order chi connectivity index (χ1) is 8.77. The van der Waals surface area contributed by atoms with E-state index in [0.717, 1.165) is 16.7 Å². The molecule has 0 bridgehead atoms. The van der Waals surface area contributed by atoms with Gasteiger partial charge >= 0.3 is 0 Å². The van der Waals surface area contributed by atoms with Crippen molar-refractivity contribution < 1.29 is 4.74 Å². The van der Waals surface area contributed by atoms with Gasteiger partial charge in [-0.1, -0.05) is 36.4 Å². The molecular weight excluding hydrogens is 224 g/mol. The van der Waals surface area contributed by atoms with E-state index in [4.69, 9.17) is 16.2 Å². The summed E-state index contributed by atoms with van der Waals surface area (Å²) in [6, 6.07) is 15.6. The molecule has 0 fully saturated rings. The monoisotopic (exact) mass is 238 g/mol. The summed E-state index contributed by atoms with van der Waals surface area (Å²) in [7, 11) is 0. The zero-order valence-corrected chi connectivity index (χ0v) is 9.89. The van der Waals surface area contributed by atoms with Crippen LogP contribution < -0.4 is 11.5 Å². The number of hydrogen-bond acceptors (Lipinski definition) is 3. The van der Waals surface area contributed by atoms with Crippen molar-refractivity contribution in [3.05, 3.63) is 65.2 Å². The van der Waals surface area contributed by atoms with Crippen LogP contribution in [0.3, 0.4) is 0 Å². The molecule has 0 atom stereocenters. The third-order valence-electron chi connectivity index (χ3n) is 3.13. The van der Waals surface area contributed by atoms with Crippen LogP contribution in [0.2, 0.25) is 0 Å². The first kappa shape index (κ1) is 10.7. The van der Waals surface area contributed by atoms with Crippen LogP contribution in [0.15, 0.2) is 48.5 Å². The number of rotatable bonds is 1.